The molecule has 8 nitrogen and oxygen atoms in total. The number of carbonyl (C=O) groups excluding carboxylic acids is 4. The number of benzene rings is 1. The first kappa shape index (κ1) is 25.6. The monoisotopic (exact) mass is 466 g/mol. The molecule has 1 fully saturated rings. The zero-order valence-corrected chi connectivity index (χ0v) is 19.9. The molecule has 0 spiro atoms. The highest BCUT2D eigenvalue weighted by atomic mass is 35.5. The summed E-state index contributed by atoms with van der Waals surface area (Å²) >= 11 is 6.41. The van der Waals surface area contributed by atoms with Gasteiger partial charge in [-0.2, -0.15) is 0 Å². The van der Waals surface area contributed by atoms with E-state index in [4.69, 9.17) is 21.1 Å². The minimum Gasteiger partial charge on any atom is -0.424 e. The number of Topliss-reactive ketones (excluding diaryl/α,β-unsaturated/α-hetero) is 1. The second kappa shape index (κ2) is 10.8. The normalized spacial score (nSPS) is 20.3. The lowest BCUT2D eigenvalue weighted by Gasteiger charge is -2.43. The lowest BCUT2D eigenvalue weighted by molar-refractivity contribution is -0.172. The van der Waals surface area contributed by atoms with Crippen molar-refractivity contribution in [2.45, 2.75) is 71.2 Å². The molecule has 1 aromatic rings. The Kier molecular flexibility index (Phi) is 8.66. The molecule has 32 heavy (non-hydrogen) atoms. The van der Waals surface area contributed by atoms with Gasteiger partial charge in [-0.1, -0.05) is 43.6 Å². The highest BCUT2D eigenvalue weighted by Crippen LogP contribution is 2.42. The lowest BCUT2D eigenvalue weighted by atomic mass is 9.74. The van der Waals surface area contributed by atoms with Gasteiger partial charge in [-0.05, 0) is 31.2 Å². The van der Waals surface area contributed by atoms with Gasteiger partial charge in [0, 0.05) is 37.9 Å². The molecule has 0 bridgehead atoms. The van der Waals surface area contributed by atoms with Crippen molar-refractivity contribution in [2.24, 2.45) is 5.92 Å². The molecule has 0 aliphatic heterocycles. The van der Waals surface area contributed by atoms with Crippen molar-refractivity contribution >= 4 is 35.4 Å². The molecule has 1 unspecified atom stereocenters. The summed E-state index contributed by atoms with van der Waals surface area (Å²) in [6, 6.07) is 6.06. The number of ether oxygens (including phenoxy) is 2. The van der Waals surface area contributed by atoms with Gasteiger partial charge in [-0.15, -0.1) is 0 Å². The maximum atomic E-state index is 13.1. The summed E-state index contributed by atoms with van der Waals surface area (Å²) in [5.41, 5.74) is -0.713. The molecular formula is C23H31ClN2O6. The summed E-state index contributed by atoms with van der Waals surface area (Å²) in [4.78, 5) is 51.2. The number of hydrogen-bond acceptors (Lipinski definition) is 6. The van der Waals surface area contributed by atoms with Crippen LogP contribution in [0.5, 0.6) is 0 Å². The zero-order chi connectivity index (χ0) is 24.1. The molecule has 0 aromatic heterocycles. The molecule has 2 rings (SSSR count). The lowest BCUT2D eigenvalue weighted by Crippen LogP contribution is -2.55. The van der Waals surface area contributed by atoms with Crippen molar-refractivity contribution in [1.82, 2.24) is 10.2 Å². The highest BCUT2D eigenvalue weighted by molar-refractivity contribution is 6.31. The van der Waals surface area contributed by atoms with Gasteiger partial charge < -0.3 is 14.8 Å². The van der Waals surface area contributed by atoms with Crippen molar-refractivity contribution in [3.8, 4) is 0 Å². The van der Waals surface area contributed by atoms with Gasteiger partial charge in [-0.25, -0.2) is 9.59 Å². The third-order valence-electron chi connectivity index (χ3n) is 5.65. The van der Waals surface area contributed by atoms with E-state index in [-0.39, 0.29) is 17.6 Å². The molecule has 1 aliphatic carbocycles. The molecule has 176 valence electrons. The third-order valence-corrected chi connectivity index (χ3v) is 5.98. The Hall–Kier alpha value is -2.61. The molecule has 9 heteroatoms. The van der Waals surface area contributed by atoms with Crippen LogP contribution in [0, 0.1) is 5.92 Å². The van der Waals surface area contributed by atoms with E-state index in [0.29, 0.717) is 23.4 Å². The van der Waals surface area contributed by atoms with E-state index in [0.717, 1.165) is 12.8 Å². The van der Waals surface area contributed by atoms with Gasteiger partial charge in [0.2, 0.25) is 12.2 Å². The summed E-state index contributed by atoms with van der Waals surface area (Å²) in [5.74, 6) is -1.43. The summed E-state index contributed by atoms with van der Waals surface area (Å²) < 4.78 is 10.6. The number of ketones is 1. The molecule has 1 aliphatic rings. The molecule has 1 aromatic carbocycles. The van der Waals surface area contributed by atoms with Gasteiger partial charge in [-0.3, -0.25) is 14.5 Å². The van der Waals surface area contributed by atoms with Crippen LogP contribution in [0.15, 0.2) is 24.3 Å². The molecule has 0 heterocycles. The quantitative estimate of drug-likeness (QED) is 0.484. The fourth-order valence-corrected chi connectivity index (χ4v) is 4.28. The van der Waals surface area contributed by atoms with Crippen LogP contribution in [0.2, 0.25) is 5.02 Å². The van der Waals surface area contributed by atoms with Crippen LogP contribution < -0.4 is 5.32 Å². The van der Waals surface area contributed by atoms with Crippen molar-refractivity contribution in [3.63, 3.8) is 0 Å². The average Bonchev–Trinajstić information content (AvgIpc) is 2.72. The largest absolute Gasteiger partial charge is 0.424 e. The zero-order valence-electron chi connectivity index (χ0n) is 19.1. The standard InChI is InChI=1S/C23H31ClN2O6/c1-14(2)20(25-15(3)27)21(29)31-16(4)32-22(30)26(5)23(13-9-8-12-19(23)28)17-10-6-7-11-18(17)24/h6-7,10-11,14,16,20H,8-9,12-13H2,1-5H3,(H,25,27)/t16?,20-,23-/m0/s1. The van der Waals surface area contributed by atoms with E-state index in [2.05, 4.69) is 5.32 Å². The van der Waals surface area contributed by atoms with Crippen LogP contribution in [0.4, 0.5) is 4.79 Å². The molecule has 1 N–H and O–H groups in total. The van der Waals surface area contributed by atoms with E-state index in [1.165, 1.54) is 25.8 Å². The first-order chi connectivity index (χ1) is 15.0. The fourth-order valence-electron chi connectivity index (χ4n) is 3.98. The molecule has 0 saturated heterocycles. The van der Waals surface area contributed by atoms with Crippen LogP contribution in [0.3, 0.4) is 0 Å². The Bertz CT molecular complexity index is 874. The number of halogens is 1. The van der Waals surface area contributed by atoms with Gasteiger partial charge in [0.25, 0.3) is 0 Å². The highest BCUT2D eigenvalue weighted by Gasteiger charge is 2.49. The minimum atomic E-state index is -1.26. The van der Waals surface area contributed by atoms with Gasteiger partial charge in [0.15, 0.2) is 5.78 Å². The van der Waals surface area contributed by atoms with Crippen molar-refractivity contribution in [1.29, 1.82) is 0 Å². The SMILES string of the molecule is CC(=O)N[C@H](C(=O)OC(C)OC(=O)N(C)[C@]1(c2ccccc2Cl)CCCCC1=O)C(C)C. The maximum absolute atomic E-state index is 13.1. The molecule has 1 saturated carbocycles. The van der Waals surface area contributed by atoms with E-state index in [1.54, 1.807) is 38.1 Å². The van der Waals surface area contributed by atoms with Gasteiger partial charge in [0.1, 0.15) is 11.6 Å². The first-order valence-corrected chi connectivity index (χ1v) is 11.1. The third kappa shape index (κ3) is 5.59. The van der Waals surface area contributed by atoms with E-state index >= 15 is 0 Å². The first-order valence-electron chi connectivity index (χ1n) is 10.7. The Balaban J connectivity index is 2.20. The number of carbonyl (C=O) groups is 4. The van der Waals surface area contributed by atoms with Crippen LogP contribution in [-0.4, -0.2) is 48.0 Å². The van der Waals surface area contributed by atoms with E-state index < -0.39 is 29.9 Å². The molecule has 2 amide bonds. The Morgan fingerprint density at radius 3 is 2.34 bits per heavy atom. The predicted octanol–water partition coefficient (Wildman–Crippen LogP) is 3.80. The number of rotatable bonds is 7. The number of likely N-dealkylation sites (N-methyl/N-ethyl adjacent to an activating group) is 1. The second-order valence-corrected chi connectivity index (χ2v) is 8.75. The van der Waals surface area contributed by atoms with Gasteiger partial charge in [0.05, 0.1) is 0 Å². The number of hydrogen-bond donors (Lipinski definition) is 1. The molecular weight excluding hydrogens is 436 g/mol. The smallest absolute Gasteiger partial charge is 0.413 e. The summed E-state index contributed by atoms with van der Waals surface area (Å²) in [7, 11) is 1.48. The van der Waals surface area contributed by atoms with E-state index in [1.807, 2.05) is 0 Å². The predicted molar refractivity (Wildman–Crippen MR) is 119 cm³/mol. The molecule has 3 atom stereocenters. The Morgan fingerprint density at radius 2 is 1.78 bits per heavy atom. The topological polar surface area (TPSA) is 102 Å². The average molecular weight is 467 g/mol. The number of esters is 1. The number of nitrogens with zero attached hydrogens (tertiary/aromatic N) is 1. The van der Waals surface area contributed by atoms with Crippen LogP contribution >= 0.6 is 11.6 Å². The van der Waals surface area contributed by atoms with Crippen LogP contribution in [-0.2, 0) is 29.4 Å². The number of nitrogens with one attached hydrogen (secondary N) is 1. The van der Waals surface area contributed by atoms with Crippen molar-refractivity contribution in [3.05, 3.63) is 34.9 Å². The fraction of sp³-hybridized carbons (Fsp3) is 0.565. The molecule has 0 radical (unpaired) electrons. The number of amides is 2. The summed E-state index contributed by atoms with van der Waals surface area (Å²) in [6.07, 6.45) is 0.164. The Morgan fingerprint density at radius 1 is 1.12 bits per heavy atom. The summed E-state index contributed by atoms with van der Waals surface area (Å²) in [5, 5.41) is 2.91. The van der Waals surface area contributed by atoms with Crippen molar-refractivity contribution < 1.29 is 28.7 Å². The van der Waals surface area contributed by atoms with Crippen LogP contribution in [0.1, 0.15) is 58.9 Å². The van der Waals surface area contributed by atoms with Crippen molar-refractivity contribution in [2.75, 3.05) is 7.05 Å². The van der Waals surface area contributed by atoms with Gasteiger partial charge >= 0.3 is 12.1 Å². The summed E-state index contributed by atoms with van der Waals surface area (Å²) in [6.45, 7) is 6.22. The second-order valence-electron chi connectivity index (χ2n) is 8.34. The van der Waals surface area contributed by atoms with Crippen LogP contribution in [0.25, 0.3) is 0 Å². The maximum Gasteiger partial charge on any atom is 0.413 e. The minimum absolute atomic E-state index is 0.119. The Labute approximate surface area is 193 Å². The van der Waals surface area contributed by atoms with E-state index in [9.17, 15) is 19.2 Å².